The lowest BCUT2D eigenvalue weighted by Gasteiger charge is -2.39. The van der Waals surface area contributed by atoms with Crippen LogP contribution >= 0.6 is 0 Å². The molecule has 3 rings (SSSR count). The molecule has 0 saturated carbocycles. The van der Waals surface area contributed by atoms with Gasteiger partial charge in [0.05, 0.1) is 0 Å². The Morgan fingerprint density at radius 3 is 2.26 bits per heavy atom. The van der Waals surface area contributed by atoms with Gasteiger partial charge in [0.15, 0.2) is 11.8 Å². The second-order valence-corrected chi connectivity index (χ2v) is 9.95. The molecular formula is C23H40N4O4. The van der Waals surface area contributed by atoms with Crippen molar-refractivity contribution >= 4 is 17.9 Å². The van der Waals surface area contributed by atoms with Crippen LogP contribution < -0.4 is 5.32 Å². The molecule has 3 aliphatic heterocycles. The van der Waals surface area contributed by atoms with Gasteiger partial charge in [0.2, 0.25) is 0 Å². The first-order chi connectivity index (χ1) is 14.7. The second kappa shape index (κ2) is 10.2. The SMILES string of the molecule is CCN=C(OC1CCNCC1)C(C)C(=N)OC1CC2CCC(C1)N2C(=O)OC(C)(C)C. The van der Waals surface area contributed by atoms with Crippen LogP contribution in [-0.4, -0.2) is 72.3 Å². The van der Waals surface area contributed by atoms with Crippen molar-refractivity contribution in [1.29, 1.82) is 5.41 Å². The molecule has 3 aliphatic rings. The van der Waals surface area contributed by atoms with Gasteiger partial charge in [-0.05, 0) is 73.4 Å². The minimum absolute atomic E-state index is 0.0621. The first-order valence-electron chi connectivity index (χ1n) is 11.9. The average molecular weight is 437 g/mol. The molecule has 3 fully saturated rings. The normalized spacial score (nSPS) is 28.2. The summed E-state index contributed by atoms with van der Waals surface area (Å²) in [6.07, 6.45) is 5.17. The Bertz CT molecular complexity index is 655. The van der Waals surface area contributed by atoms with Crippen LogP contribution in [0.1, 0.15) is 73.1 Å². The summed E-state index contributed by atoms with van der Waals surface area (Å²) in [5.41, 5.74) is -0.495. The Hall–Kier alpha value is -1.83. The topological polar surface area (TPSA) is 96.2 Å². The van der Waals surface area contributed by atoms with E-state index in [4.69, 9.17) is 19.6 Å². The Balaban J connectivity index is 1.55. The summed E-state index contributed by atoms with van der Waals surface area (Å²) < 4.78 is 17.9. The van der Waals surface area contributed by atoms with Gasteiger partial charge in [0.25, 0.3) is 0 Å². The van der Waals surface area contributed by atoms with Gasteiger partial charge >= 0.3 is 6.09 Å². The molecule has 0 aliphatic carbocycles. The standard InChI is InChI=1S/C23H40N4O4/c1-6-26-21(30-18-9-11-25-12-10-18)15(2)20(24)29-19-13-16-7-8-17(14-19)27(16)22(28)31-23(3,4)5/h15-19,24-25H,6-14H2,1-5H3. The number of fused-ring (bicyclic) bond motifs is 2. The lowest BCUT2D eigenvalue weighted by Crippen LogP contribution is -2.50. The van der Waals surface area contributed by atoms with Crippen molar-refractivity contribution in [2.45, 2.75) is 103 Å². The molecule has 0 aromatic heterocycles. The number of aliphatic imine (C=N–C) groups is 1. The van der Waals surface area contributed by atoms with Gasteiger partial charge in [-0.15, -0.1) is 0 Å². The molecule has 2 N–H and O–H groups in total. The maximum absolute atomic E-state index is 12.6. The van der Waals surface area contributed by atoms with Crippen LogP contribution in [0.4, 0.5) is 4.79 Å². The largest absolute Gasteiger partial charge is 0.477 e. The zero-order valence-corrected chi connectivity index (χ0v) is 19.8. The van der Waals surface area contributed by atoms with Crippen molar-refractivity contribution in [2.24, 2.45) is 10.9 Å². The van der Waals surface area contributed by atoms with Crippen molar-refractivity contribution in [1.82, 2.24) is 10.2 Å². The fraction of sp³-hybridized carbons (Fsp3) is 0.870. The van der Waals surface area contributed by atoms with E-state index in [9.17, 15) is 4.79 Å². The van der Waals surface area contributed by atoms with Gasteiger partial charge in [0, 0.05) is 31.5 Å². The number of carbonyl (C=O) groups excluding carboxylic acids is 1. The summed E-state index contributed by atoms with van der Waals surface area (Å²) in [6, 6.07) is 0.243. The lowest BCUT2D eigenvalue weighted by atomic mass is 10.00. The summed E-state index contributed by atoms with van der Waals surface area (Å²) in [7, 11) is 0. The molecule has 8 heteroatoms. The van der Waals surface area contributed by atoms with Crippen LogP contribution in [0.5, 0.6) is 0 Å². The van der Waals surface area contributed by atoms with Crippen LogP contribution in [-0.2, 0) is 14.2 Å². The minimum atomic E-state index is -0.495. The highest BCUT2D eigenvalue weighted by molar-refractivity contribution is 5.98. The molecule has 1 amide bonds. The summed E-state index contributed by atoms with van der Waals surface area (Å²) in [5, 5.41) is 11.9. The van der Waals surface area contributed by atoms with Gasteiger partial charge in [-0.25, -0.2) is 4.79 Å². The molecule has 176 valence electrons. The van der Waals surface area contributed by atoms with Crippen LogP contribution in [0.15, 0.2) is 4.99 Å². The van der Waals surface area contributed by atoms with Crippen molar-refractivity contribution in [2.75, 3.05) is 19.6 Å². The third-order valence-corrected chi connectivity index (χ3v) is 6.24. The van der Waals surface area contributed by atoms with Gasteiger partial charge < -0.3 is 24.4 Å². The van der Waals surface area contributed by atoms with Gasteiger partial charge in [-0.1, -0.05) is 0 Å². The van der Waals surface area contributed by atoms with Crippen LogP contribution in [0, 0.1) is 11.3 Å². The molecule has 0 aromatic rings. The highest BCUT2D eigenvalue weighted by atomic mass is 16.6. The molecule has 2 bridgehead atoms. The molecule has 31 heavy (non-hydrogen) atoms. The van der Waals surface area contributed by atoms with E-state index in [1.54, 1.807) is 0 Å². The number of piperidine rings is 2. The quantitative estimate of drug-likeness (QED) is 0.506. The third-order valence-electron chi connectivity index (χ3n) is 6.24. The Labute approximate surface area is 186 Å². The number of hydrogen-bond acceptors (Lipinski definition) is 7. The molecule has 3 atom stereocenters. The number of nitrogens with zero attached hydrogens (tertiary/aromatic N) is 2. The predicted molar refractivity (Wildman–Crippen MR) is 121 cm³/mol. The maximum atomic E-state index is 12.6. The zero-order chi connectivity index (χ0) is 22.6. The van der Waals surface area contributed by atoms with Crippen LogP contribution in [0.3, 0.4) is 0 Å². The predicted octanol–water partition coefficient (Wildman–Crippen LogP) is 3.73. The van der Waals surface area contributed by atoms with Gasteiger partial charge in [-0.2, -0.15) is 0 Å². The van der Waals surface area contributed by atoms with Crippen molar-refractivity contribution in [3.63, 3.8) is 0 Å². The number of rotatable bonds is 5. The van der Waals surface area contributed by atoms with E-state index in [0.29, 0.717) is 12.4 Å². The van der Waals surface area contributed by atoms with E-state index < -0.39 is 5.60 Å². The smallest absolute Gasteiger partial charge is 0.410 e. The highest BCUT2D eigenvalue weighted by Crippen LogP contribution is 2.38. The number of carbonyl (C=O) groups is 1. The van der Waals surface area contributed by atoms with Crippen LogP contribution in [0.2, 0.25) is 0 Å². The Morgan fingerprint density at radius 1 is 1.10 bits per heavy atom. The summed E-state index contributed by atoms with van der Waals surface area (Å²) in [6.45, 7) is 12.1. The molecule has 0 aromatic carbocycles. The van der Waals surface area contributed by atoms with Crippen molar-refractivity contribution in [3.05, 3.63) is 0 Å². The number of ether oxygens (including phenoxy) is 3. The molecule has 8 nitrogen and oxygen atoms in total. The van der Waals surface area contributed by atoms with E-state index in [2.05, 4.69) is 10.3 Å². The van der Waals surface area contributed by atoms with Gasteiger partial charge in [-0.3, -0.25) is 10.4 Å². The number of amides is 1. The summed E-state index contributed by atoms with van der Waals surface area (Å²) >= 11 is 0. The van der Waals surface area contributed by atoms with E-state index in [1.807, 2.05) is 39.5 Å². The van der Waals surface area contributed by atoms with Crippen molar-refractivity contribution in [3.8, 4) is 0 Å². The first kappa shape index (κ1) is 23.8. The van der Waals surface area contributed by atoms with Crippen molar-refractivity contribution < 1.29 is 19.0 Å². The Morgan fingerprint density at radius 2 is 1.71 bits per heavy atom. The molecular weight excluding hydrogens is 396 g/mol. The maximum Gasteiger partial charge on any atom is 0.410 e. The molecule has 3 unspecified atom stereocenters. The average Bonchev–Trinajstić information content (AvgIpc) is 2.97. The summed E-state index contributed by atoms with van der Waals surface area (Å²) in [4.78, 5) is 19.1. The highest BCUT2D eigenvalue weighted by Gasteiger charge is 2.46. The van der Waals surface area contributed by atoms with Gasteiger partial charge in [0.1, 0.15) is 23.7 Å². The monoisotopic (exact) mass is 436 g/mol. The number of nitrogens with one attached hydrogen (secondary N) is 2. The lowest BCUT2D eigenvalue weighted by molar-refractivity contribution is -0.00962. The Kier molecular flexibility index (Phi) is 7.83. The second-order valence-electron chi connectivity index (χ2n) is 9.95. The number of hydrogen-bond donors (Lipinski definition) is 2. The fourth-order valence-corrected chi connectivity index (χ4v) is 4.75. The molecule has 3 saturated heterocycles. The zero-order valence-electron chi connectivity index (χ0n) is 19.8. The van der Waals surface area contributed by atoms with E-state index in [-0.39, 0.29) is 42.2 Å². The van der Waals surface area contributed by atoms with E-state index in [0.717, 1.165) is 51.6 Å². The summed E-state index contributed by atoms with van der Waals surface area (Å²) in [5.74, 6) is 0.501. The first-order valence-corrected chi connectivity index (χ1v) is 11.9. The van der Waals surface area contributed by atoms with E-state index >= 15 is 0 Å². The molecule has 0 radical (unpaired) electrons. The molecule has 0 spiro atoms. The fourth-order valence-electron chi connectivity index (χ4n) is 4.75. The minimum Gasteiger partial charge on any atom is -0.477 e. The third kappa shape index (κ3) is 6.34. The van der Waals surface area contributed by atoms with Crippen LogP contribution in [0.25, 0.3) is 0 Å². The van der Waals surface area contributed by atoms with E-state index in [1.165, 1.54) is 0 Å². The molecule has 3 heterocycles.